The summed E-state index contributed by atoms with van der Waals surface area (Å²) in [5.74, 6) is -0.987. The maximum Gasteiger partial charge on any atom is 0.304 e. The summed E-state index contributed by atoms with van der Waals surface area (Å²) in [6, 6.07) is 11.0. The summed E-state index contributed by atoms with van der Waals surface area (Å²) in [5, 5.41) is 11.7. The van der Waals surface area contributed by atoms with Crippen LogP contribution in [0.5, 0.6) is 0 Å². The minimum absolute atomic E-state index is 0.00530. The van der Waals surface area contributed by atoms with E-state index in [0.717, 1.165) is 10.5 Å². The Balaban J connectivity index is 2.06. The fourth-order valence-corrected chi connectivity index (χ4v) is 3.21. The van der Waals surface area contributed by atoms with Gasteiger partial charge in [0.05, 0.1) is 6.42 Å². The Labute approximate surface area is 144 Å². The van der Waals surface area contributed by atoms with Crippen molar-refractivity contribution in [2.45, 2.75) is 23.0 Å². The maximum atomic E-state index is 11.5. The van der Waals surface area contributed by atoms with E-state index >= 15 is 0 Å². The molecule has 0 saturated carbocycles. The van der Waals surface area contributed by atoms with Gasteiger partial charge >= 0.3 is 5.97 Å². The number of amides is 1. The molecule has 0 aliphatic heterocycles. The van der Waals surface area contributed by atoms with Crippen molar-refractivity contribution in [3.63, 3.8) is 0 Å². The molecule has 1 heterocycles. The van der Waals surface area contributed by atoms with E-state index in [1.807, 2.05) is 18.2 Å². The first-order valence-electron chi connectivity index (χ1n) is 7.47. The largest absolute Gasteiger partial charge is 0.481 e. The number of rotatable bonds is 8. The third-order valence-corrected chi connectivity index (χ3v) is 4.47. The zero-order valence-corrected chi connectivity index (χ0v) is 13.8. The van der Waals surface area contributed by atoms with Gasteiger partial charge in [-0.05, 0) is 35.9 Å². The molecule has 0 bridgehead atoms. The molecule has 0 fully saturated rings. The highest BCUT2D eigenvalue weighted by Gasteiger charge is 2.17. The van der Waals surface area contributed by atoms with E-state index in [0.29, 0.717) is 12.2 Å². The summed E-state index contributed by atoms with van der Waals surface area (Å²) in [4.78, 5) is 27.6. The van der Waals surface area contributed by atoms with Crippen molar-refractivity contribution in [2.75, 3.05) is 11.9 Å². The molecular formula is C17H19N3O3S. The summed E-state index contributed by atoms with van der Waals surface area (Å²) in [6.07, 6.45) is 3.62. The number of carboxylic acid groups (broad SMARTS) is 1. The maximum absolute atomic E-state index is 11.5. The molecule has 1 atom stereocenters. The molecule has 1 unspecified atom stereocenters. The summed E-state index contributed by atoms with van der Waals surface area (Å²) in [5.41, 5.74) is 6.89. The second-order valence-electron chi connectivity index (χ2n) is 5.10. The van der Waals surface area contributed by atoms with Crippen molar-refractivity contribution in [3.05, 3.63) is 54.4 Å². The minimum atomic E-state index is -0.859. The Hall–Kier alpha value is -2.38. The van der Waals surface area contributed by atoms with Gasteiger partial charge in [0.1, 0.15) is 0 Å². The number of nitrogens with zero attached hydrogens (tertiary/aromatic N) is 1. The number of nitrogens with one attached hydrogen (secondary N) is 1. The SMILES string of the molecule is NCCC(=O)Nc1ccc(SC(CC(=O)O)c2cccnc2)cc1. The van der Waals surface area contributed by atoms with E-state index in [9.17, 15) is 9.59 Å². The van der Waals surface area contributed by atoms with E-state index < -0.39 is 5.97 Å². The van der Waals surface area contributed by atoms with Crippen LogP contribution in [0.3, 0.4) is 0 Å². The topological polar surface area (TPSA) is 105 Å². The molecule has 2 rings (SSSR count). The number of carboxylic acids is 1. The number of carbonyl (C=O) groups excluding carboxylic acids is 1. The summed E-state index contributed by atoms with van der Waals surface area (Å²) >= 11 is 1.45. The van der Waals surface area contributed by atoms with Gasteiger partial charge in [-0.2, -0.15) is 0 Å². The Morgan fingerprint density at radius 3 is 2.58 bits per heavy atom. The highest BCUT2D eigenvalue weighted by molar-refractivity contribution is 7.99. The van der Waals surface area contributed by atoms with Crippen LogP contribution in [-0.4, -0.2) is 28.5 Å². The van der Waals surface area contributed by atoms with Crippen LogP contribution in [0.25, 0.3) is 0 Å². The lowest BCUT2D eigenvalue weighted by Crippen LogP contribution is -2.16. The average molecular weight is 345 g/mol. The van der Waals surface area contributed by atoms with Gasteiger partial charge in [0.2, 0.25) is 5.91 Å². The molecule has 1 aromatic carbocycles. The van der Waals surface area contributed by atoms with Crippen LogP contribution in [0, 0.1) is 0 Å². The quantitative estimate of drug-likeness (QED) is 0.635. The van der Waals surface area contributed by atoms with E-state index in [1.165, 1.54) is 11.8 Å². The van der Waals surface area contributed by atoms with Gasteiger partial charge in [0, 0.05) is 41.2 Å². The van der Waals surface area contributed by atoms with Crippen molar-refractivity contribution in [2.24, 2.45) is 5.73 Å². The average Bonchev–Trinajstić information content (AvgIpc) is 2.56. The Kier molecular flexibility index (Phi) is 6.77. The molecule has 0 aliphatic carbocycles. The summed E-state index contributed by atoms with van der Waals surface area (Å²) in [6.45, 7) is 0.307. The molecule has 126 valence electrons. The van der Waals surface area contributed by atoms with Crippen LogP contribution >= 0.6 is 11.8 Å². The van der Waals surface area contributed by atoms with Crippen molar-refractivity contribution in [1.29, 1.82) is 0 Å². The molecule has 1 amide bonds. The highest BCUT2D eigenvalue weighted by atomic mass is 32.2. The number of anilines is 1. The van der Waals surface area contributed by atoms with Gasteiger partial charge in [-0.1, -0.05) is 6.07 Å². The van der Waals surface area contributed by atoms with Crippen LogP contribution in [0.4, 0.5) is 5.69 Å². The molecule has 6 nitrogen and oxygen atoms in total. The molecule has 1 aromatic heterocycles. The standard InChI is InChI=1S/C17H19N3O3S/c18-8-7-16(21)20-13-3-5-14(6-4-13)24-15(10-17(22)23)12-2-1-9-19-11-12/h1-6,9,11,15H,7-8,10,18H2,(H,20,21)(H,22,23). The monoisotopic (exact) mass is 345 g/mol. The molecule has 0 spiro atoms. The van der Waals surface area contributed by atoms with Gasteiger partial charge in [-0.3, -0.25) is 14.6 Å². The second kappa shape index (κ2) is 9.05. The Morgan fingerprint density at radius 1 is 1.25 bits per heavy atom. The van der Waals surface area contributed by atoms with Crippen molar-refractivity contribution in [1.82, 2.24) is 4.98 Å². The lowest BCUT2D eigenvalue weighted by molar-refractivity contribution is -0.137. The summed E-state index contributed by atoms with van der Waals surface area (Å²) in [7, 11) is 0. The Morgan fingerprint density at radius 2 is 2.00 bits per heavy atom. The lowest BCUT2D eigenvalue weighted by Gasteiger charge is -2.15. The van der Waals surface area contributed by atoms with E-state index in [-0.39, 0.29) is 24.0 Å². The number of hydrogen-bond donors (Lipinski definition) is 3. The minimum Gasteiger partial charge on any atom is -0.481 e. The zero-order valence-electron chi connectivity index (χ0n) is 13.0. The van der Waals surface area contributed by atoms with E-state index in [4.69, 9.17) is 10.8 Å². The number of benzene rings is 1. The smallest absolute Gasteiger partial charge is 0.304 e. The predicted octanol–water partition coefficient (Wildman–Crippen LogP) is 2.68. The normalized spacial score (nSPS) is 11.7. The van der Waals surface area contributed by atoms with Crippen LogP contribution < -0.4 is 11.1 Å². The number of carbonyl (C=O) groups is 2. The second-order valence-corrected chi connectivity index (χ2v) is 6.38. The fourth-order valence-electron chi connectivity index (χ4n) is 2.09. The summed E-state index contributed by atoms with van der Waals surface area (Å²) < 4.78 is 0. The van der Waals surface area contributed by atoms with Crippen LogP contribution in [0.2, 0.25) is 0 Å². The van der Waals surface area contributed by atoms with E-state index in [1.54, 1.807) is 30.6 Å². The third kappa shape index (κ3) is 5.68. The number of pyridine rings is 1. The first kappa shape index (κ1) is 18.0. The Bertz CT molecular complexity index is 677. The predicted molar refractivity (Wildman–Crippen MR) is 93.8 cm³/mol. The van der Waals surface area contributed by atoms with Gasteiger partial charge in [-0.15, -0.1) is 11.8 Å². The highest BCUT2D eigenvalue weighted by Crippen LogP contribution is 2.37. The molecule has 24 heavy (non-hydrogen) atoms. The zero-order chi connectivity index (χ0) is 17.4. The third-order valence-electron chi connectivity index (χ3n) is 3.20. The molecule has 0 aliphatic rings. The van der Waals surface area contributed by atoms with E-state index in [2.05, 4.69) is 10.3 Å². The first-order valence-corrected chi connectivity index (χ1v) is 8.35. The fraction of sp³-hybridized carbons (Fsp3) is 0.235. The van der Waals surface area contributed by atoms with Gasteiger partial charge in [0.15, 0.2) is 0 Å². The van der Waals surface area contributed by atoms with Crippen molar-refractivity contribution in [3.8, 4) is 0 Å². The lowest BCUT2D eigenvalue weighted by atomic mass is 10.1. The van der Waals surface area contributed by atoms with Crippen molar-refractivity contribution >= 4 is 29.3 Å². The van der Waals surface area contributed by atoms with Gasteiger partial charge < -0.3 is 16.2 Å². The van der Waals surface area contributed by atoms with Gasteiger partial charge in [-0.25, -0.2) is 0 Å². The number of hydrogen-bond acceptors (Lipinski definition) is 5. The van der Waals surface area contributed by atoms with Crippen LogP contribution in [0.15, 0.2) is 53.7 Å². The first-order chi connectivity index (χ1) is 11.6. The van der Waals surface area contributed by atoms with Crippen LogP contribution in [0.1, 0.15) is 23.7 Å². The van der Waals surface area contributed by atoms with Gasteiger partial charge in [0.25, 0.3) is 0 Å². The molecule has 4 N–H and O–H groups in total. The van der Waals surface area contributed by atoms with Crippen LogP contribution in [-0.2, 0) is 9.59 Å². The number of aromatic nitrogens is 1. The number of aliphatic carboxylic acids is 1. The molecule has 0 radical (unpaired) electrons. The molecule has 7 heteroatoms. The van der Waals surface area contributed by atoms with Crippen molar-refractivity contribution < 1.29 is 14.7 Å². The number of nitrogens with two attached hydrogens (primary N) is 1. The molecule has 2 aromatic rings. The molecular weight excluding hydrogens is 326 g/mol. The molecule has 0 saturated heterocycles. The number of thioether (sulfide) groups is 1.